The second-order valence-corrected chi connectivity index (χ2v) is 9.29. The van der Waals surface area contributed by atoms with E-state index in [4.69, 9.17) is 16.3 Å². The molecule has 0 unspecified atom stereocenters. The van der Waals surface area contributed by atoms with Crippen molar-refractivity contribution in [2.45, 2.75) is 19.9 Å². The number of nitrogens with one attached hydrogen (secondary N) is 1. The van der Waals surface area contributed by atoms with Gasteiger partial charge in [0.05, 0.1) is 27.8 Å². The molecule has 0 aromatic heterocycles. The van der Waals surface area contributed by atoms with Crippen molar-refractivity contribution in [3.8, 4) is 0 Å². The molecule has 3 aromatic rings. The maximum absolute atomic E-state index is 13.0. The molecule has 0 saturated heterocycles. The van der Waals surface area contributed by atoms with Gasteiger partial charge in [0.1, 0.15) is 0 Å². The number of aryl methyl sites for hydroxylation is 1. The van der Waals surface area contributed by atoms with Crippen LogP contribution < -0.4 is 5.32 Å². The number of rotatable bonds is 6. The molecule has 35 heavy (non-hydrogen) atoms. The SMILES string of the molecule is Cc1cc(Br)c(Cl)cc1NC(=O)COC(=O)c1ccc2c(c1)C(=O)N([C@H](C)c1ccccc1)C2=O. The van der Waals surface area contributed by atoms with E-state index in [1.165, 1.54) is 23.1 Å². The number of hydrogen-bond donors (Lipinski definition) is 1. The molecular weight excluding hydrogens is 536 g/mol. The van der Waals surface area contributed by atoms with Gasteiger partial charge in [-0.1, -0.05) is 41.9 Å². The van der Waals surface area contributed by atoms with E-state index in [9.17, 15) is 19.2 Å². The van der Waals surface area contributed by atoms with Crippen LogP contribution in [0.25, 0.3) is 0 Å². The molecular formula is C26H20BrClN2O5. The fourth-order valence-corrected chi connectivity index (χ4v) is 4.42. The predicted octanol–water partition coefficient (Wildman–Crippen LogP) is 5.56. The number of anilines is 1. The second kappa shape index (κ2) is 10.0. The number of nitrogens with zero attached hydrogens (tertiary/aromatic N) is 1. The molecule has 178 valence electrons. The van der Waals surface area contributed by atoms with Crippen LogP contribution >= 0.6 is 27.5 Å². The van der Waals surface area contributed by atoms with Gasteiger partial charge in [-0.05, 0) is 71.2 Å². The minimum absolute atomic E-state index is 0.0646. The highest BCUT2D eigenvalue weighted by Crippen LogP contribution is 2.32. The molecule has 3 aromatic carbocycles. The first-order chi connectivity index (χ1) is 16.7. The molecule has 0 fully saturated rings. The van der Waals surface area contributed by atoms with E-state index < -0.39 is 36.3 Å². The van der Waals surface area contributed by atoms with E-state index in [2.05, 4.69) is 21.2 Å². The van der Waals surface area contributed by atoms with Crippen LogP contribution in [0.15, 0.2) is 65.1 Å². The van der Waals surface area contributed by atoms with Gasteiger partial charge in [-0.15, -0.1) is 0 Å². The maximum Gasteiger partial charge on any atom is 0.338 e. The Hall–Kier alpha value is -3.49. The zero-order valence-electron chi connectivity index (χ0n) is 18.8. The lowest BCUT2D eigenvalue weighted by Gasteiger charge is -2.22. The lowest BCUT2D eigenvalue weighted by atomic mass is 10.1. The summed E-state index contributed by atoms with van der Waals surface area (Å²) in [5.74, 6) is -2.25. The van der Waals surface area contributed by atoms with Crippen molar-refractivity contribution in [1.82, 2.24) is 4.90 Å². The normalized spacial score (nSPS) is 13.4. The molecule has 1 aliphatic rings. The minimum atomic E-state index is -0.789. The van der Waals surface area contributed by atoms with Crippen molar-refractivity contribution in [3.63, 3.8) is 0 Å². The Morgan fingerprint density at radius 2 is 1.71 bits per heavy atom. The number of benzene rings is 3. The van der Waals surface area contributed by atoms with Crippen molar-refractivity contribution in [2.75, 3.05) is 11.9 Å². The molecule has 1 N–H and O–H groups in total. The first-order valence-electron chi connectivity index (χ1n) is 10.7. The van der Waals surface area contributed by atoms with Crippen LogP contribution in [-0.2, 0) is 9.53 Å². The van der Waals surface area contributed by atoms with Crippen LogP contribution in [0.5, 0.6) is 0 Å². The first kappa shape index (κ1) is 24.6. The highest BCUT2D eigenvalue weighted by atomic mass is 79.9. The average Bonchev–Trinajstić information content (AvgIpc) is 3.10. The number of carbonyl (C=O) groups excluding carboxylic acids is 4. The standard InChI is InChI=1S/C26H20BrClN2O5/c1-14-10-20(27)21(28)12-22(14)29-23(31)13-35-26(34)17-8-9-18-19(11-17)25(33)30(24(18)32)15(2)16-6-4-3-5-7-16/h3-12,15H,13H2,1-2H3,(H,29,31)/t15-/m1/s1. The number of hydrogen-bond acceptors (Lipinski definition) is 5. The van der Waals surface area contributed by atoms with Gasteiger partial charge in [-0.3, -0.25) is 19.3 Å². The lowest BCUT2D eigenvalue weighted by Crippen LogP contribution is -2.32. The van der Waals surface area contributed by atoms with Gasteiger partial charge >= 0.3 is 5.97 Å². The molecule has 0 aliphatic carbocycles. The zero-order valence-corrected chi connectivity index (χ0v) is 21.1. The Kier molecular flexibility index (Phi) is 7.05. The summed E-state index contributed by atoms with van der Waals surface area (Å²) in [4.78, 5) is 51.9. The smallest absolute Gasteiger partial charge is 0.338 e. The lowest BCUT2D eigenvalue weighted by molar-refractivity contribution is -0.119. The molecule has 9 heteroatoms. The summed E-state index contributed by atoms with van der Waals surface area (Å²) in [7, 11) is 0. The third kappa shape index (κ3) is 4.99. The van der Waals surface area contributed by atoms with E-state index in [0.29, 0.717) is 15.2 Å². The van der Waals surface area contributed by atoms with E-state index in [1.54, 1.807) is 26.0 Å². The third-order valence-corrected chi connectivity index (χ3v) is 6.90. The quantitative estimate of drug-likeness (QED) is 0.317. The van der Waals surface area contributed by atoms with Gasteiger partial charge in [0.2, 0.25) is 0 Å². The minimum Gasteiger partial charge on any atom is -0.452 e. The van der Waals surface area contributed by atoms with Gasteiger partial charge in [0.25, 0.3) is 17.7 Å². The van der Waals surface area contributed by atoms with Crippen LogP contribution in [0.1, 0.15) is 55.2 Å². The molecule has 0 spiro atoms. The number of esters is 1. The Morgan fingerprint density at radius 3 is 2.43 bits per heavy atom. The summed E-state index contributed by atoms with van der Waals surface area (Å²) in [6.45, 7) is 3.03. The van der Waals surface area contributed by atoms with Crippen molar-refractivity contribution >= 4 is 56.9 Å². The summed E-state index contributed by atoms with van der Waals surface area (Å²) in [6.07, 6.45) is 0. The average molecular weight is 556 g/mol. The van der Waals surface area contributed by atoms with Crippen molar-refractivity contribution in [3.05, 3.63) is 98.0 Å². The van der Waals surface area contributed by atoms with Gasteiger partial charge in [0.15, 0.2) is 6.61 Å². The third-order valence-electron chi connectivity index (χ3n) is 5.70. The van der Waals surface area contributed by atoms with Crippen molar-refractivity contribution < 1.29 is 23.9 Å². The molecule has 3 amide bonds. The van der Waals surface area contributed by atoms with Crippen LogP contribution in [0.2, 0.25) is 5.02 Å². The molecule has 7 nitrogen and oxygen atoms in total. The summed E-state index contributed by atoms with van der Waals surface area (Å²) >= 11 is 9.38. The van der Waals surface area contributed by atoms with Gasteiger partial charge in [0, 0.05) is 10.2 Å². The molecule has 4 rings (SSSR count). The Morgan fingerprint density at radius 1 is 1.03 bits per heavy atom. The van der Waals surface area contributed by atoms with Gasteiger partial charge < -0.3 is 10.1 Å². The molecule has 1 aliphatic heterocycles. The summed E-state index contributed by atoms with van der Waals surface area (Å²) < 4.78 is 5.82. The number of ether oxygens (including phenoxy) is 1. The molecule has 0 bridgehead atoms. The zero-order chi connectivity index (χ0) is 25.3. The fraction of sp³-hybridized carbons (Fsp3) is 0.154. The Labute approximate surface area is 215 Å². The number of halogens is 2. The van der Waals surface area contributed by atoms with Crippen LogP contribution in [0.3, 0.4) is 0 Å². The highest BCUT2D eigenvalue weighted by molar-refractivity contribution is 9.10. The van der Waals surface area contributed by atoms with Gasteiger partial charge in [-0.2, -0.15) is 0 Å². The van der Waals surface area contributed by atoms with Crippen LogP contribution in [-0.4, -0.2) is 35.2 Å². The first-order valence-corrected chi connectivity index (χ1v) is 11.8. The van der Waals surface area contributed by atoms with Crippen LogP contribution in [0.4, 0.5) is 5.69 Å². The van der Waals surface area contributed by atoms with E-state index in [1.807, 2.05) is 30.3 Å². The number of fused-ring (bicyclic) bond motifs is 1. The maximum atomic E-state index is 13.0. The Balaban J connectivity index is 1.44. The molecule has 0 radical (unpaired) electrons. The van der Waals surface area contributed by atoms with E-state index >= 15 is 0 Å². The largest absolute Gasteiger partial charge is 0.452 e. The number of carbonyl (C=O) groups is 4. The van der Waals surface area contributed by atoms with Crippen LogP contribution in [0, 0.1) is 6.92 Å². The van der Waals surface area contributed by atoms with E-state index in [-0.39, 0.29) is 16.7 Å². The highest BCUT2D eigenvalue weighted by Gasteiger charge is 2.39. The number of imide groups is 1. The molecule has 1 heterocycles. The fourth-order valence-electron chi connectivity index (χ4n) is 3.80. The van der Waals surface area contributed by atoms with E-state index in [0.717, 1.165) is 11.1 Å². The van der Waals surface area contributed by atoms with Crippen molar-refractivity contribution in [1.29, 1.82) is 0 Å². The second-order valence-electron chi connectivity index (χ2n) is 8.03. The number of amides is 3. The monoisotopic (exact) mass is 554 g/mol. The van der Waals surface area contributed by atoms with Crippen molar-refractivity contribution in [2.24, 2.45) is 0 Å². The molecule has 1 atom stereocenters. The Bertz CT molecular complexity index is 1360. The van der Waals surface area contributed by atoms with Gasteiger partial charge in [-0.25, -0.2) is 4.79 Å². The predicted molar refractivity (Wildman–Crippen MR) is 135 cm³/mol. The summed E-state index contributed by atoms with van der Waals surface area (Å²) in [5, 5.41) is 3.07. The summed E-state index contributed by atoms with van der Waals surface area (Å²) in [5.41, 5.74) is 2.49. The molecule has 0 saturated carbocycles. The topological polar surface area (TPSA) is 92.8 Å². The summed E-state index contributed by atoms with van der Waals surface area (Å²) in [6, 6.07) is 16.2.